The molecule has 4 aromatic rings. The number of rotatable bonds is 4. The van der Waals surface area contributed by atoms with E-state index in [4.69, 9.17) is 0 Å². The molecule has 26 heavy (non-hydrogen) atoms. The zero-order valence-corrected chi connectivity index (χ0v) is 14.7. The van der Waals surface area contributed by atoms with E-state index in [-0.39, 0.29) is 6.04 Å². The largest absolute Gasteiger partial charge is 0.345 e. The lowest BCUT2D eigenvalue weighted by Gasteiger charge is -2.24. The van der Waals surface area contributed by atoms with Crippen molar-refractivity contribution >= 4 is 22.1 Å². The van der Waals surface area contributed by atoms with E-state index in [1.54, 1.807) is 12.7 Å². The van der Waals surface area contributed by atoms with Crippen LogP contribution in [-0.4, -0.2) is 51.0 Å². The third kappa shape index (κ3) is 2.77. The number of fused-ring (bicyclic) bond motifs is 2. The van der Waals surface area contributed by atoms with Gasteiger partial charge in [-0.1, -0.05) is 12.1 Å². The van der Waals surface area contributed by atoms with Crippen molar-refractivity contribution in [1.82, 2.24) is 30.2 Å². The maximum absolute atomic E-state index is 4.34. The first-order valence-corrected chi connectivity index (χ1v) is 9.07. The first-order chi connectivity index (χ1) is 12.8. The van der Waals surface area contributed by atoms with Crippen LogP contribution in [-0.2, 0) is 0 Å². The lowest BCUT2D eigenvalue weighted by molar-refractivity contribution is 0.391. The molecule has 3 heterocycles. The molecule has 1 aliphatic rings. The van der Waals surface area contributed by atoms with Crippen molar-refractivity contribution in [3.8, 4) is 0 Å². The smallest absolute Gasteiger partial charge is 0.0931 e. The molecule has 0 aliphatic carbocycles. The number of hydrogen-bond donors (Lipinski definition) is 3. The summed E-state index contributed by atoms with van der Waals surface area (Å²) in [6, 6.07) is 13.6. The van der Waals surface area contributed by atoms with Crippen molar-refractivity contribution in [1.29, 1.82) is 0 Å². The van der Waals surface area contributed by atoms with Gasteiger partial charge in [-0.25, -0.2) is 9.97 Å². The summed E-state index contributed by atoms with van der Waals surface area (Å²) >= 11 is 0. The molecule has 1 atom stereocenters. The summed E-state index contributed by atoms with van der Waals surface area (Å²) < 4.78 is 0. The molecule has 0 saturated carbocycles. The van der Waals surface area contributed by atoms with Crippen LogP contribution in [0, 0.1) is 0 Å². The quantitative estimate of drug-likeness (QED) is 0.531. The fourth-order valence-corrected chi connectivity index (χ4v) is 3.96. The summed E-state index contributed by atoms with van der Waals surface area (Å²) in [4.78, 5) is 17.5. The highest BCUT2D eigenvalue weighted by atomic mass is 15.2. The van der Waals surface area contributed by atoms with Crippen LogP contribution in [0.3, 0.4) is 0 Å². The van der Waals surface area contributed by atoms with Crippen molar-refractivity contribution in [3.63, 3.8) is 0 Å². The Kier molecular flexibility index (Phi) is 3.72. The summed E-state index contributed by atoms with van der Waals surface area (Å²) in [6.07, 6.45) is 4.67. The molecular weight excluding hydrogens is 324 g/mol. The fraction of sp³-hybridized carbons (Fsp3) is 0.300. The van der Waals surface area contributed by atoms with Gasteiger partial charge in [0.15, 0.2) is 0 Å². The first kappa shape index (κ1) is 15.5. The summed E-state index contributed by atoms with van der Waals surface area (Å²) in [7, 11) is 2.18. The highest BCUT2D eigenvalue weighted by Crippen LogP contribution is 2.28. The number of H-pyrrole nitrogens is 2. The molecule has 0 bridgehead atoms. The standard InChI is InChI=1S/C20H22N6/c1-26-7-6-15(10-26)25-20(13-2-4-16-18(8-13)23-11-21-16)14-3-5-17-19(9-14)24-12-22-17/h2-5,8-9,11-12,15,20,25H,6-7,10H2,1H3,(H,21,23)(H,22,24). The number of nitrogens with zero attached hydrogens (tertiary/aromatic N) is 3. The molecule has 2 aromatic carbocycles. The van der Waals surface area contributed by atoms with Crippen LogP contribution < -0.4 is 5.32 Å². The molecule has 1 saturated heterocycles. The van der Waals surface area contributed by atoms with Crippen LogP contribution in [0.25, 0.3) is 22.1 Å². The lowest BCUT2D eigenvalue weighted by Crippen LogP contribution is -2.35. The topological polar surface area (TPSA) is 72.6 Å². The van der Waals surface area contributed by atoms with Gasteiger partial charge in [-0.2, -0.15) is 0 Å². The molecule has 6 nitrogen and oxygen atoms in total. The average Bonchev–Trinajstić information content (AvgIpc) is 3.39. The monoisotopic (exact) mass is 346 g/mol. The number of hydrogen-bond acceptors (Lipinski definition) is 4. The predicted molar refractivity (Wildman–Crippen MR) is 103 cm³/mol. The average molecular weight is 346 g/mol. The first-order valence-electron chi connectivity index (χ1n) is 9.07. The van der Waals surface area contributed by atoms with E-state index >= 15 is 0 Å². The summed E-state index contributed by atoms with van der Waals surface area (Å²) in [5.74, 6) is 0. The fourth-order valence-electron chi connectivity index (χ4n) is 3.96. The van der Waals surface area contributed by atoms with E-state index in [2.05, 4.69) is 73.6 Å². The van der Waals surface area contributed by atoms with E-state index in [0.717, 1.165) is 35.2 Å². The molecule has 0 spiro atoms. The SMILES string of the molecule is CN1CCC(NC(c2ccc3nc[nH]c3c2)c2ccc3nc[nH]c3c2)C1. The van der Waals surface area contributed by atoms with Crippen LogP contribution >= 0.6 is 0 Å². The van der Waals surface area contributed by atoms with Crippen molar-refractivity contribution < 1.29 is 0 Å². The molecule has 132 valence electrons. The van der Waals surface area contributed by atoms with Gasteiger partial charge in [0.05, 0.1) is 40.8 Å². The van der Waals surface area contributed by atoms with Crippen molar-refractivity contribution in [2.75, 3.05) is 20.1 Å². The van der Waals surface area contributed by atoms with Gasteiger partial charge in [0.25, 0.3) is 0 Å². The van der Waals surface area contributed by atoms with Crippen LogP contribution in [0.2, 0.25) is 0 Å². The zero-order valence-electron chi connectivity index (χ0n) is 14.7. The molecule has 0 radical (unpaired) electrons. The number of imidazole rings is 2. The Morgan fingerprint density at radius 3 is 2.15 bits per heavy atom. The Hall–Kier alpha value is -2.70. The van der Waals surface area contributed by atoms with E-state index in [1.165, 1.54) is 17.5 Å². The second-order valence-corrected chi connectivity index (χ2v) is 7.21. The minimum Gasteiger partial charge on any atom is -0.345 e. The Morgan fingerprint density at radius 1 is 1.00 bits per heavy atom. The van der Waals surface area contributed by atoms with Crippen LogP contribution in [0.15, 0.2) is 49.1 Å². The minimum absolute atomic E-state index is 0.131. The highest BCUT2D eigenvalue weighted by Gasteiger charge is 2.24. The van der Waals surface area contributed by atoms with E-state index in [0.29, 0.717) is 6.04 Å². The van der Waals surface area contributed by atoms with Crippen molar-refractivity contribution in [2.24, 2.45) is 0 Å². The normalized spacial score (nSPS) is 18.5. The Balaban J connectivity index is 1.56. The number of aromatic nitrogens is 4. The molecule has 1 aliphatic heterocycles. The van der Waals surface area contributed by atoms with E-state index < -0.39 is 0 Å². The number of nitrogens with one attached hydrogen (secondary N) is 3. The number of benzene rings is 2. The lowest BCUT2D eigenvalue weighted by atomic mass is 9.96. The second kappa shape index (κ2) is 6.23. The van der Waals surface area contributed by atoms with Gasteiger partial charge in [0.2, 0.25) is 0 Å². The third-order valence-electron chi connectivity index (χ3n) is 5.35. The summed E-state index contributed by atoms with van der Waals surface area (Å²) in [5.41, 5.74) is 6.63. The van der Waals surface area contributed by atoms with E-state index in [1.807, 2.05) is 0 Å². The van der Waals surface area contributed by atoms with Crippen LogP contribution in [0.4, 0.5) is 0 Å². The van der Waals surface area contributed by atoms with Gasteiger partial charge < -0.3 is 20.2 Å². The summed E-state index contributed by atoms with van der Waals surface area (Å²) in [5, 5.41) is 3.88. The highest BCUT2D eigenvalue weighted by molar-refractivity contribution is 5.77. The molecule has 2 aromatic heterocycles. The number of likely N-dealkylation sites (N-methyl/N-ethyl adjacent to an activating group) is 1. The van der Waals surface area contributed by atoms with Crippen molar-refractivity contribution in [3.05, 3.63) is 60.2 Å². The van der Waals surface area contributed by atoms with Crippen LogP contribution in [0.1, 0.15) is 23.6 Å². The Labute approximate surface area is 151 Å². The number of aromatic amines is 2. The third-order valence-corrected chi connectivity index (χ3v) is 5.35. The van der Waals surface area contributed by atoms with E-state index in [9.17, 15) is 0 Å². The number of likely N-dealkylation sites (tertiary alicyclic amines) is 1. The van der Waals surface area contributed by atoms with Gasteiger partial charge in [-0.05, 0) is 55.4 Å². The molecule has 1 unspecified atom stereocenters. The van der Waals surface area contributed by atoms with Gasteiger partial charge >= 0.3 is 0 Å². The Bertz CT molecular complexity index is 975. The molecule has 1 fully saturated rings. The second-order valence-electron chi connectivity index (χ2n) is 7.21. The Morgan fingerprint density at radius 2 is 1.62 bits per heavy atom. The van der Waals surface area contributed by atoms with Crippen molar-refractivity contribution in [2.45, 2.75) is 18.5 Å². The molecule has 5 rings (SSSR count). The molecule has 0 amide bonds. The summed E-state index contributed by atoms with van der Waals surface area (Å²) in [6.45, 7) is 2.22. The predicted octanol–water partition coefficient (Wildman–Crippen LogP) is 2.82. The molecule has 3 N–H and O–H groups in total. The van der Waals surface area contributed by atoms with Gasteiger partial charge in [-0.3, -0.25) is 0 Å². The molecule has 6 heteroatoms. The van der Waals surface area contributed by atoms with Gasteiger partial charge in [0.1, 0.15) is 0 Å². The zero-order chi connectivity index (χ0) is 17.5. The van der Waals surface area contributed by atoms with Gasteiger partial charge in [0, 0.05) is 12.6 Å². The minimum atomic E-state index is 0.131. The maximum Gasteiger partial charge on any atom is 0.0931 e. The maximum atomic E-state index is 4.34. The molecular formula is C20H22N6. The van der Waals surface area contributed by atoms with Crippen LogP contribution in [0.5, 0.6) is 0 Å². The van der Waals surface area contributed by atoms with Gasteiger partial charge in [-0.15, -0.1) is 0 Å².